The molecule has 2 N–H and O–H groups in total. The molecule has 0 bridgehead atoms. The Labute approximate surface area is 227 Å². The lowest BCUT2D eigenvalue weighted by Crippen LogP contribution is -1.94. The maximum atomic E-state index is 8.84. The molecule has 0 fully saturated rings. The van der Waals surface area contributed by atoms with Crippen molar-refractivity contribution < 1.29 is 10.2 Å². The molecule has 0 aliphatic carbocycles. The number of hydrogen-bond acceptors (Lipinski definition) is 5. The van der Waals surface area contributed by atoms with E-state index in [1.807, 2.05) is 23.5 Å². The predicted molar refractivity (Wildman–Crippen MR) is 162 cm³/mol. The van der Waals surface area contributed by atoms with Gasteiger partial charge in [0.2, 0.25) is 0 Å². The van der Waals surface area contributed by atoms with Crippen LogP contribution in [0.2, 0.25) is 0 Å². The highest BCUT2D eigenvalue weighted by molar-refractivity contribution is 7.99. The number of aliphatic hydroxyl groups is 2. The summed E-state index contributed by atoms with van der Waals surface area (Å²) in [5.41, 5.74) is 5.76. The molecule has 0 aromatic heterocycles. The van der Waals surface area contributed by atoms with E-state index in [0.29, 0.717) is 0 Å². The van der Waals surface area contributed by atoms with Crippen LogP contribution in [0.5, 0.6) is 0 Å². The molecule has 0 aliphatic rings. The summed E-state index contributed by atoms with van der Waals surface area (Å²) in [5, 5.41) is 17.7. The summed E-state index contributed by atoms with van der Waals surface area (Å²) in [6.07, 6.45) is 12.6. The Morgan fingerprint density at radius 2 is 0.714 bits per heavy atom. The molecule has 196 valence electrons. The first-order valence-corrected chi connectivity index (χ1v) is 16.9. The van der Waals surface area contributed by atoms with E-state index in [2.05, 4.69) is 60.3 Å². The van der Waals surface area contributed by atoms with E-state index in [-0.39, 0.29) is 13.2 Å². The highest BCUT2D eigenvalue weighted by Crippen LogP contribution is 2.15. The van der Waals surface area contributed by atoms with E-state index in [0.717, 1.165) is 35.9 Å². The van der Waals surface area contributed by atoms with Crippen molar-refractivity contribution in [2.45, 2.75) is 64.2 Å². The molecule has 0 aliphatic heterocycles. The van der Waals surface area contributed by atoms with E-state index < -0.39 is 0 Å². The molecule has 2 aromatic rings. The summed E-state index contributed by atoms with van der Waals surface area (Å²) in [6, 6.07) is 18.3. The van der Waals surface area contributed by atoms with Crippen LogP contribution in [0, 0.1) is 0 Å². The molecule has 0 unspecified atom stereocenters. The van der Waals surface area contributed by atoms with Crippen LogP contribution in [0.1, 0.15) is 60.8 Å². The largest absolute Gasteiger partial charge is 0.396 e. The highest BCUT2D eigenvalue weighted by atomic mass is 32.2. The van der Waals surface area contributed by atoms with Gasteiger partial charge in [0.15, 0.2) is 0 Å². The fourth-order valence-electron chi connectivity index (χ4n) is 3.98. The first-order chi connectivity index (χ1) is 17.3. The van der Waals surface area contributed by atoms with Crippen LogP contribution < -0.4 is 0 Å². The quantitative estimate of drug-likeness (QED) is 0.158. The molecule has 0 spiro atoms. The zero-order chi connectivity index (χ0) is 24.8. The number of hydrogen-bond donors (Lipinski definition) is 2. The van der Waals surface area contributed by atoms with Crippen molar-refractivity contribution in [3.63, 3.8) is 0 Å². The maximum Gasteiger partial charge on any atom is 0.0521 e. The van der Waals surface area contributed by atoms with Gasteiger partial charge >= 0.3 is 0 Å². The Morgan fingerprint density at radius 3 is 1.09 bits per heavy atom. The first-order valence-electron chi connectivity index (χ1n) is 13.4. The summed E-state index contributed by atoms with van der Waals surface area (Å²) in [4.78, 5) is 0. The smallest absolute Gasteiger partial charge is 0.0521 e. The van der Waals surface area contributed by atoms with Gasteiger partial charge < -0.3 is 10.2 Å². The Hall–Kier alpha value is -0.590. The molecule has 0 heterocycles. The minimum absolute atomic E-state index is 0.284. The van der Waals surface area contributed by atoms with Gasteiger partial charge in [0, 0.05) is 11.5 Å². The number of unbranched alkanes of at least 4 members (excludes halogenated alkanes) is 4. The molecule has 0 saturated carbocycles. The molecular formula is C30H46O2S3. The zero-order valence-corrected chi connectivity index (χ0v) is 23.9. The fraction of sp³-hybridized carbons (Fsp3) is 0.600. The molecule has 0 amide bonds. The summed E-state index contributed by atoms with van der Waals surface area (Å²) in [5.74, 6) is 6.50. The molecule has 2 rings (SSSR count). The molecular weight excluding hydrogens is 489 g/mol. The Kier molecular flexibility index (Phi) is 18.8. The molecule has 5 heteroatoms. The van der Waals surface area contributed by atoms with Gasteiger partial charge in [-0.1, -0.05) is 61.4 Å². The summed E-state index contributed by atoms with van der Waals surface area (Å²) < 4.78 is 0. The summed E-state index contributed by atoms with van der Waals surface area (Å²) >= 11 is 5.79. The molecule has 0 saturated heterocycles. The average molecular weight is 535 g/mol. The van der Waals surface area contributed by atoms with E-state index in [4.69, 9.17) is 10.2 Å². The third-order valence-corrected chi connectivity index (χ3v) is 9.18. The van der Waals surface area contributed by atoms with Crippen molar-refractivity contribution in [2.24, 2.45) is 0 Å². The molecule has 35 heavy (non-hydrogen) atoms. The van der Waals surface area contributed by atoms with Crippen LogP contribution >= 0.6 is 35.3 Å². The third-order valence-electron chi connectivity index (χ3n) is 6.10. The van der Waals surface area contributed by atoms with Crippen molar-refractivity contribution in [1.82, 2.24) is 0 Å². The van der Waals surface area contributed by atoms with Crippen molar-refractivity contribution in [3.05, 3.63) is 70.8 Å². The average Bonchev–Trinajstić information content (AvgIpc) is 2.89. The lowest BCUT2D eigenvalue weighted by atomic mass is 10.0. The highest BCUT2D eigenvalue weighted by Gasteiger charge is 1.99. The van der Waals surface area contributed by atoms with Crippen molar-refractivity contribution >= 4 is 35.3 Å². The van der Waals surface area contributed by atoms with Gasteiger partial charge in [0.25, 0.3) is 0 Å². The normalized spacial score (nSPS) is 11.3. The van der Waals surface area contributed by atoms with E-state index >= 15 is 0 Å². The van der Waals surface area contributed by atoms with Gasteiger partial charge in [-0.2, -0.15) is 35.3 Å². The second kappa shape index (κ2) is 21.5. The molecule has 2 aromatic carbocycles. The minimum atomic E-state index is 0.284. The topological polar surface area (TPSA) is 40.5 Å². The zero-order valence-electron chi connectivity index (χ0n) is 21.5. The van der Waals surface area contributed by atoms with Crippen LogP contribution in [-0.2, 0) is 25.7 Å². The number of rotatable bonds is 22. The van der Waals surface area contributed by atoms with Crippen molar-refractivity contribution in [2.75, 3.05) is 47.7 Å². The summed E-state index contributed by atoms with van der Waals surface area (Å²) in [7, 11) is 0. The third kappa shape index (κ3) is 16.0. The number of aryl methyl sites for hydroxylation is 4. The van der Waals surface area contributed by atoms with Crippen molar-refractivity contribution in [3.8, 4) is 0 Å². The van der Waals surface area contributed by atoms with Gasteiger partial charge in [-0.15, -0.1) is 0 Å². The van der Waals surface area contributed by atoms with Crippen LogP contribution in [0.3, 0.4) is 0 Å². The molecule has 0 atom stereocenters. The van der Waals surface area contributed by atoms with Gasteiger partial charge in [-0.05, 0) is 96.6 Å². The van der Waals surface area contributed by atoms with Gasteiger partial charge in [-0.3, -0.25) is 0 Å². The summed E-state index contributed by atoms with van der Waals surface area (Å²) in [6.45, 7) is 0.567. The standard InChI is InChI=1S/C30H46O2S3/c31-19-25-34-23-17-29-13-9-27(10-14-29)7-3-1-5-21-33-22-6-2-4-8-28-11-15-30(16-12-28)18-24-35-26-20-32/h9-16,31-32H,1-8,17-26H2. The van der Waals surface area contributed by atoms with Gasteiger partial charge in [0.05, 0.1) is 13.2 Å². The Bertz CT molecular complexity index is 671. The first kappa shape index (κ1) is 30.6. The van der Waals surface area contributed by atoms with Crippen LogP contribution in [0.4, 0.5) is 0 Å². The van der Waals surface area contributed by atoms with Crippen molar-refractivity contribution in [1.29, 1.82) is 0 Å². The number of benzene rings is 2. The second-order valence-corrected chi connectivity index (χ2v) is 12.7. The van der Waals surface area contributed by atoms with E-state index in [1.54, 1.807) is 0 Å². The Morgan fingerprint density at radius 1 is 0.371 bits per heavy atom. The maximum absolute atomic E-state index is 8.84. The SMILES string of the molecule is OCCSCCc1ccc(CCCCCSCCCCCc2ccc(CCSCCO)cc2)cc1. The molecule has 2 nitrogen and oxygen atoms in total. The number of thioether (sulfide) groups is 3. The van der Waals surface area contributed by atoms with Gasteiger partial charge in [0.1, 0.15) is 0 Å². The molecule has 0 radical (unpaired) electrons. The number of aliphatic hydroxyl groups excluding tert-OH is 2. The van der Waals surface area contributed by atoms with E-state index in [1.165, 1.54) is 85.1 Å². The Balaban J connectivity index is 1.38. The minimum Gasteiger partial charge on any atom is -0.396 e. The van der Waals surface area contributed by atoms with Crippen LogP contribution in [0.15, 0.2) is 48.5 Å². The second-order valence-electron chi connectivity index (χ2n) is 9.04. The lowest BCUT2D eigenvalue weighted by Gasteiger charge is -2.06. The fourth-order valence-corrected chi connectivity index (χ4v) is 6.43. The lowest BCUT2D eigenvalue weighted by molar-refractivity contribution is 0.322. The van der Waals surface area contributed by atoms with Crippen LogP contribution in [0.25, 0.3) is 0 Å². The monoisotopic (exact) mass is 534 g/mol. The predicted octanol–water partition coefficient (Wildman–Crippen LogP) is 7.08. The van der Waals surface area contributed by atoms with Crippen LogP contribution in [-0.4, -0.2) is 57.9 Å². The van der Waals surface area contributed by atoms with E-state index in [9.17, 15) is 0 Å². The van der Waals surface area contributed by atoms with Gasteiger partial charge in [-0.25, -0.2) is 0 Å².